The summed E-state index contributed by atoms with van der Waals surface area (Å²) < 4.78 is 16.4. The molecular weight excluding hydrogens is 260 g/mol. The zero-order valence-corrected chi connectivity index (χ0v) is 11.2. The Labute approximate surface area is 117 Å². The molecule has 1 aromatic carbocycles. The van der Waals surface area contributed by atoms with Gasteiger partial charge in [-0.3, -0.25) is 0 Å². The summed E-state index contributed by atoms with van der Waals surface area (Å²) in [7, 11) is 0. The second kappa shape index (κ2) is 5.58. The van der Waals surface area contributed by atoms with Crippen LogP contribution < -0.4 is 15.2 Å². The Bertz CT molecular complexity index is 506. The molecule has 2 N–H and O–H groups in total. The third-order valence-corrected chi connectivity index (χ3v) is 3.46. The number of hydrogen-bond donors (Lipinski definition) is 1. The van der Waals surface area contributed by atoms with E-state index >= 15 is 0 Å². The number of rotatable bonds is 4. The molecule has 3 rings (SSSR count). The number of benzene rings is 1. The summed E-state index contributed by atoms with van der Waals surface area (Å²) in [5, 5.41) is 0. The van der Waals surface area contributed by atoms with Crippen molar-refractivity contribution in [2.24, 2.45) is 5.73 Å². The van der Waals surface area contributed by atoms with Crippen LogP contribution in [0.25, 0.3) is 0 Å². The fourth-order valence-electron chi connectivity index (χ4n) is 2.41. The van der Waals surface area contributed by atoms with E-state index in [0.29, 0.717) is 38.6 Å². The van der Waals surface area contributed by atoms with Crippen molar-refractivity contribution in [3.05, 3.63) is 23.8 Å². The minimum atomic E-state index is -0.279. The van der Waals surface area contributed by atoms with E-state index in [9.17, 15) is 4.79 Å². The van der Waals surface area contributed by atoms with Gasteiger partial charge in [-0.15, -0.1) is 0 Å². The molecule has 2 aliphatic rings. The predicted octanol–water partition coefficient (Wildman–Crippen LogP) is 1.30. The molecule has 1 atom stereocenters. The lowest BCUT2D eigenvalue weighted by Crippen LogP contribution is -2.27. The zero-order valence-electron chi connectivity index (χ0n) is 11.2. The minimum absolute atomic E-state index is 0.254. The molecule has 0 radical (unpaired) electrons. The van der Waals surface area contributed by atoms with Gasteiger partial charge in [-0.2, -0.15) is 0 Å². The molecule has 2 aliphatic heterocycles. The van der Waals surface area contributed by atoms with Crippen LogP contribution in [0.5, 0.6) is 11.5 Å². The number of ether oxygens (including phenoxy) is 3. The Morgan fingerprint density at radius 1 is 1.25 bits per heavy atom. The van der Waals surface area contributed by atoms with E-state index in [-0.39, 0.29) is 12.2 Å². The predicted molar refractivity (Wildman–Crippen MR) is 71.9 cm³/mol. The van der Waals surface area contributed by atoms with Crippen molar-refractivity contribution in [2.75, 3.05) is 32.8 Å². The van der Waals surface area contributed by atoms with E-state index in [0.717, 1.165) is 17.7 Å². The Balaban J connectivity index is 1.72. The second-order valence-corrected chi connectivity index (χ2v) is 4.86. The average molecular weight is 278 g/mol. The average Bonchev–Trinajstić information content (AvgIpc) is 2.86. The maximum Gasteiger partial charge on any atom is 0.410 e. The van der Waals surface area contributed by atoms with E-state index in [1.54, 1.807) is 4.90 Å². The SMILES string of the molecule is NCCCN1CC(c2ccc3c(c2)OCCO3)OC1=O. The van der Waals surface area contributed by atoms with Gasteiger partial charge in [0.25, 0.3) is 0 Å². The van der Waals surface area contributed by atoms with Crippen molar-refractivity contribution in [1.82, 2.24) is 4.90 Å². The monoisotopic (exact) mass is 278 g/mol. The fourth-order valence-corrected chi connectivity index (χ4v) is 2.41. The van der Waals surface area contributed by atoms with Crippen LogP contribution in [0.1, 0.15) is 18.1 Å². The molecular formula is C14H18N2O4. The first-order valence-electron chi connectivity index (χ1n) is 6.83. The third-order valence-electron chi connectivity index (χ3n) is 3.46. The standard InChI is InChI=1S/C14H18N2O4/c15-4-1-5-16-9-13(20-14(16)17)10-2-3-11-12(8-10)19-7-6-18-11/h2-3,8,13H,1,4-7,9,15H2. The summed E-state index contributed by atoms with van der Waals surface area (Å²) in [5.41, 5.74) is 6.39. The molecule has 1 saturated heterocycles. The number of nitrogens with zero attached hydrogens (tertiary/aromatic N) is 1. The van der Waals surface area contributed by atoms with E-state index in [4.69, 9.17) is 19.9 Å². The maximum absolute atomic E-state index is 11.8. The first kappa shape index (κ1) is 13.1. The van der Waals surface area contributed by atoms with Crippen LogP contribution in [0.3, 0.4) is 0 Å². The normalized spacial score (nSPS) is 20.9. The van der Waals surface area contributed by atoms with Crippen molar-refractivity contribution in [3.63, 3.8) is 0 Å². The largest absolute Gasteiger partial charge is 0.486 e. The van der Waals surface area contributed by atoms with Crippen LogP contribution in [0.4, 0.5) is 4.79 Å². The van der Waals surface area contributed by atoms with Gasteiger partial charge < -0.3 is 24.8 Å². The smallest absolute Gasteiger partial charge is 0.410 e. The molecule has 6 nitrogen and oxygen atoms in total. The second-order valence-electron chi connectivity index (χ2n) is 4.86. The van der Waals surface area contributed by atoms with E-state index in [1.807, 2.05) is 18.2 Å². The summed E-state index contributed by atoms with van der Waals surface area (Å²) in [6, 6.07) is 5.66. The number of amides is 1. The highest BCUT2D eigenvalue weighted by Gasteiger charge is 2.32. The van der Waals surface area contributed by atoms with Crippen LogP contribution in [0, 0.1) is 0 Å². The molecule has 6 heteroatoms. The molecule has 2 heterocycles. The van der Waals surface area contributed by atoms with Crippen molar-refractivity contribution in [2.45, 2.75) is 12.5 Å². The maximum atomic E-state index is 11.8. The van der Waals surface area contributed by atoms with Crippen LogP contribution in [-0.4, -0.2) is 43.8 Å². The van der Waals surface area contributed by atoms with Crippen molar-refractivity contribution in [3.8, 4) is 11.5 Å². The molecule has 20 heavy (non-hydrogen) atoms. The molecule has 1 aromatic rings. The molecule has 108 valence electrons. The van der Waals surface area contributed by atoms with Gasteiger partial charge in [-0.1, -0.05) is 6.07 Å². The quantitative estimate of drug-likeness (QED) is 0.898. The Morgan fingerprint density at radius 3 is 2.85 bits per heavy atom. The van der Waals surface area contributed by atoms with Gasteiger partial charge in [-0.05, 0) is 30.7 Å². The van der Waals surface area contributed by atoms with E-state index < -0.39 is 0 Å². The van der Waals surface area contributed by atoms with Crippen molar-refractivity contribution >= 4 is 6.09 Å². The van der Waals surface area contributed by atoms with Gasteiger partial charge in [0.1, 0.15) is 19.3 Å². The number of carbonyl (C=O) groups excluding carboxylic acids is 1. The highest BCUT2D eigenvalue weighted by Crippen LogP contribution is 2.35. The van der Waals surface area contributed by atoms with Crippen LogP contribution >= 0.6 is 0 Å². The number of nitrogens with two attached hydrogens (primary N) is 1. The highest BCUT2D eigenvalue weighted by atomic mass is 16.6. The molecule has 1 unspecified atom stereocenters. The van der Waals surface area contributed by atoms with Crippen molar-refractivity contribution in [1.29, 1.82) is 0 Å². The summed E-state index contributed by atoms with van der Waals surface area (Å²) in [5.74, 6) is 1.45. The van der Waals surface area contributed by atoms with Crippen molar-refractivity contribution < 1.29 is 19.0 Å². The number of fused-ring (bicyclic) bond motifs is 1. The molecule has 0 bridgehead atoms. The van der Waals surface area contributed by atoms with Gasteiger partial charge in [0.2, 0.25) is 0 Å². The molecule has 0 aromatic heterocycles. The highest BCUT2D eigenvalue weighted by molar-refractivity contribution is 5.70. The Kier molecular flexibility index (Phi) is 3.64. The minimum Gasteiger partial charge on any atom is -0.486 e. The third kappa shape index (κ3) is 2.51. The Morgan fingerprint density at radius 2 is 2.05 bits per heavy atom. The summed E-state index contributed by atoms with van der Waals surface area (Å²) in [6.07, 6.45) is 0.248. The number of cyclic esters (lactones) is 1. The lowest BCUT2D eigenvalue weighted by atomic mass is 10.1. The van der Waals surface area contributed by atoms with E-state index in [2.05, 4.69) is 0 Å². The summed E-state index contributed by atoms with van der Waals surface area (Å²) in [6.45, 7) is 2.87. The summed E-state index contributed by atoms with van der Waals surface area (Å²) >= 11 is 0. The lowest BCUT2D eigenvalue weighted by Gasteiger charge is -2.19. The zero-order chi connectivity index (χ0) is 13.9. The van der Waals surface area contributed by atoms with Crippen LogP contribution in [0.15, 0.2) is 18.2 Å². The van der Waals surface area contributed by atoms with Gasteiger partial charge in [0.15, 0.2) is 11.5 Å². The van der Waals surface area contributed by atoms with E-state index in [1.165, 1.54) is 0 Å². The lowest BCUT2D eigenvalue weighted by molar-refractivity contribution is 0.132. The molecule has 1 amide bonds. The summed E-state index contributed by atoms with van der Waals surface area (Å²) in [4.78, 5) is 13.4. The number of hydrogen-bond acceptors (Lipinski definition) is 5. The first-order valence-corrected chi connectivity index (χ1v) is 6.83. The van der Waals surface area contributed by atoms with Gasteiger partial charge >= 0.3 is 6.09 Å². The van der Waals surface area contributed by atoms with Gasteiger partial charge in [0, 0.05) is 6.54 Å². The molecule has 1 fully saturated rings. The molecule has 0 spiro atoms. The molecule has 0 saturated carbocycles. The van der Waals surface area contributed by atoms with Crippen LogP contribution in [-0.2, 0) is 4.74 Å². The molecule has 0 aliphatic carbocycles. The van der Waals surface area contributed by atoms with Crippen LogP contribution in [0.2, 0.25) is 0 Å². The Hall–Kier alpha value is -1.95. The topological polar surface area (TPSA) is 74.0 Å². The van der Waals surface area contributed by atoms with Gasteiger partial charge in [0.05, 0.1) is 6.54 Å². The van der Waals surface area contributed by atoms with Gasteiger partial charge in [-0.25, -0.2) is 4.79 Å². The fraction of sp³-hybridized carbons (Fsp3) is 0.500. The number of carbonyl (C=O) groups is 1. The first-order chi connectivity index (χ1) is 9.78.